The Bertz CT molecular complexity index is 624. The number of benzene rings is 2. The molecule has 112 valence electrons. The average molecular weight is 283 g/mol. The lowest BCUT2D eigenvalue weighted by molar-refractivity contribution is 0.447. The second kappa shape index (κ2) is 5.90. The van der Waals surface area contributed by atoms with Crippen molar-refractivity contribution in [1.29, 1.82) is 0 Å². The summed E-state index contributed by atoms with van der Waals surface area (Å²) in [6.07, 6.45) is 0. The molecule has 0 radical (unpaired) electrons. The molecule has 0 spiro atoms. The van der Waals surface area contributed by atoms with Crippen molar-refractivity contribution in [2.75, 3.05) is 0 Å². The van der Waals surface area contributed by atoms with Gasteiger partial charge in [0.2, 0.25) is 0 Å². The van der Waals surface area contributed by atoms with Crippen LogP contribution in [0.1, 0.15) is 50.4 Å². The van der Waals surface area contributed by atoms with Crippen LogP contribution in [0.2, 0.25) is 0 Å². The second-order valence-corrected chi connectivity index (χ2v) is 6.68. The van der Waals surface area contributed by atoms with Gasteiger partial charge in [0.1, 0.15) is 11.5 Å². The molecule has 2 heteroatoms. The SMILES string of the molecule is Cc1ccc(C(C)(C)C)c(Oc2ccccc2C(C)N)c1. The molecule has 0 aromatic heterocycles. The Morgan fingerprint density at radius 2 is 1.67 bits per heavy atom. The normalized spacial score (nSPS) is 13.0. The molecule has 0 aliphatic heterocycles. The molecule has 0 aliphatic carbocycles. The summed E-state index contributed by atoms with van der Waals surface area (Å²) >= 11 is 0. The lowest BCUT2D eigenvalue weighted by atomic mass is 9.86. The van der Waals surface area contributed by atoms with Gasteiger partial charge in [-0.25, -0.2) is 0 Å². The highest BCUT2D eigenvalue weighted by molar-refractivity contribution is 5.46. The lowest BCUT2D eigenvalue weighted by Crippen LogP contribution is -2.13. The molecule has 1 atom stereocenters. The van der Waals surface area contributed by atoms with E-state index >= 15 is 0 Å². The fourth-order valence-electron chi connectivity index (χ4n) is 2.40. The number of para-hydroxylation sites is 1. The van der Waals surface area contributed by atoms with E-state index < -0.39 is 0 Å². The minimum Gasteiger partial charge on any atom is -0.457 e. The Morgan fingerprint density at radius 3 is 2.29 bits per heavy atom. The summed E-state index contributed by atoms with van der Waals surface area (Å²) in [5, 5.41) is 0. The Balaban J connectivity index is 2.47. The van der Waals surface area contributed by atoms with Crippen molar-refractivity contribution in [3.8, 4) is 11.5 Å². The Morgan fingerprint density at radius 1 is 1.00 bits per heavy atom. The smallest absolute Gasteiger partial charge is 0.132 e. The maximum atomic E-state index is 6.23. The van der Waals surface area contributed by atoms with E-state index in [4.69, 9.17) is 10.5 Å². The van der Waals surface area contributed by atoms with E-state index in [0.29, 0.717) is 0 Å². The molecule has 0 saturated carbocycles. The van der Waals surface area contributed by atoms with E-state index in [-0.39, 0.29) is 11.5 Å². The van der Waals surface area contributed by atoms with Crippen LogP contribution in [-0.4, -0.2) is 0 Å². The van der Waals surface area contributed by atoms with Crippen LogP contribution < -0.4 is 10.5 Å². The summed E-state index contributed by atoms with van der Waals surface area (Å²) in [6, 6.07) is 14.3. The van der Waals surface area contributed by atoms with Gasteiger partial charge in [0.25, 0.3) is 0 Å². The number of hydrogen-bond acceptors (Lipinski definition) is 2. The molecule has 0 bridgehead atoms. The first-order valence-corrected chi connectivity index (χ1v) is 7.42. The topological polar surface area (TPSA) is 35.2 Å². The van der Waals surface area contributed by atoms with Crippen molar-refractivity contribution in [3.63, 3.8) is 0 Å². The standard InChI is InChI=1S/C19H25NO/c1-13-10-11-16(19(3,4)5)18(12-13)21-17-9-7-6-8-15(17)14(2)20/h6-12,14H,20H2,1-5H3. The summed E-state index contributed by atoms with van der Waals surface area (Å²) in [5.74, 6) is 1.75. The molecule has 2 aromatic rings. The van der Waals surface area contributed by atoms with Crippen molar-refractivity contribution in [1.82, 2.24) is 0 Å². The predicted octanol–water partition coefficient (Wildman–Crippen LogP) is 5.10. The van der Waals surface area contributed by atoms with Gasteiger partial charge in [-0.2, -0.15) is 0 Å². The molecular formula is C19H25NO. The van der Waals surface area contributed by atoms with E-state index in [0.717, 1.165) is 17.1 Å². The Hall–Kier alpha value is -1.80. The maximum Gasteiger partial charge on any atom is 0.132 e. The molecule has 0 amide bonds. The third kappa shape index (κ3) is 3.64. The Labute approximate surface area is 127 Å². The van der Waals surface area contributed by atoms with E-state index in [1.807, 2.05) is 31.2 Å². The van der Waals surface area contributed by atoms with E-state index in [9.17, 15) is 0 Å². The monoisotopic (exact) mass is 283 g/mol. The summed E-state index contributed by atoms with van der Waals surface area (Å²) in [5.41, 5.74) is 9.50. The number of ether oxygens (including phenoxy) is 1. The Kier molecular flexibility index (Phi) is 4.38. The number of aryl methyl sites for hydroxylation is 1. The molecule has 2 nitrogen and oxygen atoms in total. The van der Waals surface area contributed by atoms with Crippen LogP contribution in [0.15, 0.2) is 42.5 Å². The van der Waals surface area contributed by atoms with Crippen LogP contribution in [0.4, 0.5) is 0 Å². The van der Waals surface area contributed by atoms with Crippen LogP contribution in [0.5, 0.6) is 11.5 Å². The van der Waals surface area contributed by atoms with E-state index in [1.54, 1.807) is 0 Å². The van der Waals surface area contributed by atoms with Crippen molar-refractivity contribution in [2.24, 2.45) is 5.73 Å². The van der Waals surface area contributed by atoms with Gasteiger partial charge in [0.15, 0.2) is 0 Å². The van der Waals surface area contributed by atoms with Crippen LogP contribution in [0.3, 0.4) is 0 Å². The molecule has 0 heterocycles. The molecule has 0 aliphatic rings. The highest BCUT2D eigenvalue weighted by Gasteiger charge is 2.20. The van der Waals surface area contributed by atoms with Crippen molar-refractivity contribution in [2.45, 2.75) is 46.1 Å². The van der Waals surface area contributed by atoms with E-state index in [2.05, 4.69) is 45.9 Å². The fraction of sp³-hybridized carbons (Fsp3) is 0.368. The molecule has 0 saturated heterocycles. The predicted molar refractivity (Wildman–Crippen MR) is 89.0 cm³/mol. The van der Waals surface area contributed by atoms with Crippen LogP contribution in [0.25, 0.3) is 0 Å². The zero-order valence-electron chi connectivity index (χ0n) is 13.6. The van der Waals surface area contributed by atoms with Crippen LogP contribution >= 0.6 is 0 Å². The molecule has 1 unspecified atom stereocenters. The molecule has 2 rings (SSSR count). The van der Waals surface area contributed by atoms with Gasteiger partial charge in [0, 0.05) is 17.2 Å². The third-order valence-electron chi connectivity index (χ3n) is 3.57. The first-order valence-electron chi connectivity index (χ1n) is 7.42. The zero-order valence-corrected chi connectivity index (χ0v) is 13.6. The van der Waals surface area contributed by atoms with Gasteiger partial charge < -0.3 is 10.5 Å². The quantitative estimate of drug-likeness (QED) is 0.850. The largest absolute Gasteiger partial charge is 0.457 e. The maximum absolute atomic E-state index is 6.23. The van der Waals surface area contributed by atoms with Gasteiger partial charge in [0.05, 0.1) is 0 Å². The second-order valence-electron chi connectivity index (χ2n) is 6.68. The summed E-state index contributed by atoms with van der Waals surface area (Å²) in [7, 11) is 0. The van der Waals surface area contributed by atoms with Gasteiger partial charge in [-0.1, -0.05) is 51.1 Å². The summed E-state index contributed by atoms with van der Waals surface area (Å²) < 4.78 is 6.23. The number of hydrogen-bond donors (Lipinski definition) is 1. The van der Waals surface area contributed by atoms with Gasteiger partial charge in [-0.15, -0.1) is 0 Å². The number of rotatable bonds is 3. The molecule has 2 aromatic carbocycles. The highest BCUT2D eigenvalue weighted by atomic mass is 16.5. The molecule has 0 fully saturated rings. The zero-order chi connectivity index (χ0) is 15.6. The average Bonchev–Trinajstić information content (AvgIpc) is 2.37. The fourth-order valence-corrected chi connectivity index (χ4v) is 2.40. The molecule has 21 heavy (non-hydrogen) atoms. The highest BCUT2D eigenvalue weighted by Crippen LogP contribution is 2.36. The van der Waals surface area contributed by atoms with Crippen LogP contribution in [0, 0.1) is 6.92 Å². The first-order chi connectivity index (χ1) is 9.79. The first kappa shape index (κ1) is 15.6. The van der Waals surface area contributed by atoms with Crippen LogP contribution in [-0.2, 0) is 5.41 Å². The minimum atomic E-state index is -0.0518. The minimum absolute atomic E-state index is 0.0340. The summed E-state index contributed by atoms with van der Waals surface area (Å²) in [6.45, 7) is 10.6. The lowest BCUT2D eigenvalue weighted by Gasteiger charge is -2.24. The number of nitrogens with two attached hydrogens (primary N) is 1. The van der Waals surface area contributed by atoms with Crippen molar-refractivity contribution < 1.29 is 4.74 Å². The molecule has 2 N–H and O–H groups in total. The summed E-state index contributed by atoms with van der Waals surface area (Å²) in [4.78, 5) is 0. The van der Waals surface area contributed by atoms with Crippen molar-refractivity contribution >= 4 is 0 Å². The van der Waals surface area contributed by atoms with Gasteiger partial charge in [-0.3, -0.25) is 0 Å². The molecular weight excluding hydrogens is 258 g/mol. The third-order valence-corrected chi connectivity index (χ3v) is 3.57. The van der Waals surface area contributed by atoms with Crippen molar-refractivity contribution in [3.05, 3.63) is 59.2 Å². The van der Waals surface area contributed by atoms with Gasteiger partial charge in [-0.05, 0) is 37.0 Å². The van der Waals surface area contributed by atoms with E-state index in [1.165, 1.54) is 11.1 Å². The van der Waals surface area contributed by atoms with Gasteiger partial charge >= 0.3 is 0 Å².